The monoisotopic (exact) mass is 420 g/mol. The molecule has 0 saturated heterocycles. The predicted molar refractivity (Wildman–Crippen MR) is 128 cm³/mol. The number of pyridine rings is 2. The Hall–Kier alpha value is -3.86. The molecule has 2 aromatic carbocycles. The Bertz CT molecular complexity index is 1260. The van der Waals surface area contributed by atoms with E-state index >= 15 is 0 Å². The average Bonchev–Trinajstić information content (AvgIpc) is 2.88. The van der Waals surface area contributed by atoms with E-state index in [0.29, 0.717) is 11.5 Å². The van der Waals surface area contributed by atoms with Crippen molar-refractivity contribution in [1.29, 1.82) is 0 Å². The number of carbonyl (C=O) groups excluding carboxylic acids is 1. The van der Waals surface area contributed by atoms with Crippen LogP contribution in [0, 0.1) is 0 Å². The second-order valence-corrected chi connectivity index (χ2v) is 8.11. The second-order valence-electron chi connectivity index (χ2n) is 8.11. The smallest absolute Gasteiger partial charge is 0.267 e. The standard InChI is InChI=1S/C27H24N4O/c32-27(31-30-22-12-10-20(11-13-22)19-6-2-1-3-7-19)24-18-26(21-14-16-28-17-15-21)29-25-9-5-4-8-23(24)25/h1-9,14-18,20H,10-13H2,(H,31,32). The normalized spacial score (nSPS) is 16.0. The number of rotatable bonds is 4. The Morgan fingerprint density at radius 3 is 2.41 bits per heavy atom. The van der Waals surface area contributed by atoms with Crippen LogP contribution in [0.1, 0.15) is 47.5 Å². The number of hydrazone groups is 1. The molecule has 0 spiro atoms. The van der Waals surface area contributed by atoms with E-state index in [-0.39, 0.29) is 5.91 Å². The average molecular weight is 421 g/mol. The molecule has 2 aromatic heterocycles. The minimum atomic E-state index is -0.211. The molecule has 5 nitrogen and oxygen atoms in total. The summed E-state index contributed by atoms with van der Waals surface area (Å²) < 4.78 is 0. The summed E-state index contributed by atoms with van der Waals surface area (Å²) in [7, 11) is 0. The van der Waals surface area contributed by atoms with E-state index in [1.165, 1.54) is 5.56 Å². The van der Waals surface area contributed by atoms with E-state index in [1.54, 1.807) is 12.4 Å². The fourth-order valence-corrected chi connectivity index (χ4v) is 4.35. The van der Waals surface area contributed by atoms with Crippen molar-refractivity contribution in [3.05, 3.63) is 96.3 Å². The van der Waals surface area contributed by atoms with Crippen LogP contribution in [0.2, 0.25) is 0 Å². The zero-order chi connectivity index (χ0) is 21.8. The van der Waals surface area contributed by atoms with Crippen molar-refractivity contribution in [1.82, 2.24) is 15.4 Å². The van der Waals surface area contributed by atoms with Crippen LogP contribution in [0.4, 0.5) is 0 Å². The number of para-hydroxylation sites is 1. The van der Waals surface area contributed by atoms with Gasteiger partial charge < -0.3 is 0 Å². The Morgan fingerprint density at radius 1 is 0.906 bits per heavy atom. The topological polar surface area (TPSA) is 67.2 Å². The second kappa shape index (κ2) is 9.10. The van der Waals surface area contributed by atoms with Crippen molar-refractivity contribution >= 4 is 22.5 Å². The maximum absolute atomic E-state index is 13.1. The maximum Gasteiger partial charge on any atom is 0.272 e. The number of nitrogens with one attached hydrogen (secondary N) is 1. The van der Waals surface area contributed by atoms with Gasteiger partial charge in [-0.25, -0.2) is 10.4 Å². The van der Waals surface area contributed by atoms with Crippen LogP contribution in [-0.2, 0) is 0 Å². The summed E-state index contributed by atoms with van der Waals surface area (Å²) in [4.78, 5) is 21.9. The van der Waals surface area contributed by atoms with E-state index < -0.39 is 0 Å². The lowest BCUT2D eigenvalue weighted by molar-refractivity contribution is 0.0956. The van der Waals surface area contributed by atoms with Crippen LogP contribution < -0.4 is 5.43 Å². The zero-order valence-electron chi connectivity index (χ0n) is 17.7. The molecule has 4 aromatic rings. The van der Waals surface area contributed by atoms with Gasteiger partial charge in [0.2, 0.25) is 0 Å². The van der Waals surface area contributed by atoms with Crippen molar-refractivity contribution in [2.24, 2.45) is 5.10 Å². The largest absolute Gasteiger partial charge is 0.272 e. The van der Waals surface area contributed by atoms with Crippen molar-refractivity contribution in [2.75, 3.05) is 0 Å². The van der Waals surface area contributed by atoms with Crippen molar-refractivity contribution in [3.63, 3.8) is 0 Å². The predicted octanol–water partition coefficient (Wildman–Crippen LogP) is 5.74. The lowest BCUT2D eigenvalue weighted by atomic mass is 9.83. The van der Waals surface area contributed by atoms with Gasteiger partial charge in [0.1, 0.15) is 0 Å². The SMILES string of the molecule is O=C(NN=C1CCC(c2ccccc2)CC1)c1cc(-c2ccncc2)nc2ccccc12. The van der Waals surface area contributed by atoms with Gasteiger partial charge in [-0.1, -0.05) is 48.5 Å². The molecule has 0 aliphatic heterocycles. The van der Waals surface area contributed by atoms with Gasteiger partial charge in [-0.2, -0.15) is 5.10 Å². The first-order valence-corrected chi connectivity index (χ1v) is 11.0. The Morgan fingerprint density at radius 2 is 1.62 bits per heavy atom. The van der Waals surface area contributed by atoms with Crippen molar-refractivity contribution in [3.8, 4) is 11.3 Å². The molecule has 5 rings (SSSR count). The summed E-state index contributed by atoms with van der Waals surface area (Å²) >= 11 is 0. The summed E-state index contributed by atoms with van der Waals surface area (Å²) in [6.07, 6.45) is 7.37. The minimum absolute atomic E-state index is 0.211. The molecule has 2 heterocycles. The molecule has 1 fully saturated rings. The van der Waals surface area contributed by atoms with Gasteiger partial charge in [0, 0.05) is 29.1 Å². The maximum atomic E-state index is 13.1. The molecule has 0 radical (unpaired) electrons. The highest BCUT2D eigenvalue weighted by Gasteiger charge is 2.20. The van der Waals surface area contributed by atoms with Gasteiger partial charge in [0.05, 0.1) is 16.8 Å². The third-order valence-electron chi connectivity index (χ3n) is 6.09. The fraction of sp³-hybridized carbons (Fsp3) is 0.185. The number of carbonyl (C=O) groups is 1. The van der Waals surface area contributed by atoms with Crippen molar-refractivity contribution < 1.29 is 4.79 Å². The molecule has 5 heteroatoms. The van der Waals surface area contributed by atoms with Gasteiger partial charge in [-0.05, 0) is 61.4 Å². The first kappa shape index (κ1) is 20.1. The Kier molecular flexibility index (Phi) is 5.71. The first-order chi connectivity index (χ1) is 15.8. The highest BCUT2D eigenvalue weighted by molar-refractivity contribution is 6.07. The summed E-state index contributed by atoms with van der Waals surface area (Å²) in [5.41, 5.74) is 8.27. The number of aromatic nitrogens is 2. The van der Waals surface area contributed by atoms with Gasteiger partial charge in [0.15, 0.2) is 0 Å². The van der Waals surface area contributed by atoms with E-state index in [9.17, 15) is 4.79 Å². The number of hydrogen-bond acceptors (Lipinski definition) is 4. The van der Waals surface area contributed by atoms with Gasteiger partial charge in [0.25, 0.3) is 5.91 Å². The summed E-state index contributed by atoms with van der Waals surface area (Å²) in [5.74, 6) is 0.356. The minimum Gasteiger partial charge on any atom is -0.267 e. The van der Waals surface area contributed by atoms with E-state index in [4.69, 9.17) is 4.98 Å². The molecule has 1 saturated carbocycles. The Balaban J connectivity index is 1.35. The molecule has 32 heavy (non-hydrogen) atoms. The molecule has 1 amide bonds. The third kappa shape index (κ3) is 4.28. The van der Waals surface area contributed by atoms with Crippen LogP contribution >= 0.6 is 0 Å². The molecule has 1 aliphatic carbocycles. The number of fused-ring (bicyclic) bond motifs is 1. The van der Waals surface area contributed by atoms with Gasteiger partial charge in [-0.15, -0.1) is 0 Å². The van der Waals surface area contributed by atoms with Gasteiger partial charge in [-0.3, -0.25) is 9.78 Å². The number of benzene rings is 2. The van der Waals surface area contributed by atoms with E-state index in [2.05, 4.69) is 45.8 Å². The highest BCUT2D eigenvalue weighted by Crippen LogP contribution is 2.31. The number of amides is 1. The lowest BCUT2D eigenvalue weighted by Gasteiger charge is -2.23. The number of nitrogens with zero attached hydrogens (tertiary/aromatic N) is 3. The quantitative estimate of drug-likeness (QED) is 0.428. The fourth-order valence-electron chi connectivity index (χ4n) is 4.35. The van der Waals surface area contributed by atoms with Crippen LogP contribution in [-0.4, -0.2) is 21.6 Å². The summed E-state index contributed by atoms with van der Waals surface area (Å²) in [5, 5.41) is 5.30. The van der Waals surface area contributed by atoms with E-state index in [1.807, 2.05) is 42.5 Å². The lowest BCUT2D eigenvalue weighted by Crippen LogP contribution is -2.22. The first-order valence-electron chi connectivity index (χ1n) is 11.0. The van der Waals surface area contributed by atoms with E-state index in [0.717, 1.165) is 53.6 Å². The van der Waals surface area contributed by atoms with Crippen molar-refractivity contribution in [2.45, 2.75) is 31.6 Å². The molecule has 158 valence electrons. The summed E-state index contributed by atoms with van der Waals surface area (Å²) in [6, 6.07) is 24.0. The molecule has 0 atom stereocenters. The van der Waals surface area contributed by atoms with Crippen LogP contribution in [0.15, 0.2) is 90.3 Å². The van der Waals surface area contributed by atoms with Gasteiger partial charge >= 0.3 is 0 Å². The molecule has 0 bridgehead atoms. The highest BCUT2D eigenvalue weighted by atomic mass is 16.2. The molecule has 1 aliphatic rings. The van der Waals surface area contributed by atoms with Crippen LogP contribution in [0.25, 0.3) is 22.2 Å². The molecular formula is C27H24N4O. The third-order valence-corrected chi connectivity index (χ3v) is 6.09. The molecule has 0 unspecified atom stereocenters. The summed E-state index contributed by atoms with van der Waals surface area (Å²) in [6.45, 7) is 0. The van der Waals surface area contributed by atoms with Crippen LogP contribution in [0.5, 0.6) is 0 Å². The van der Waals surface area contributed by atoms with Crippen LogP contribution in [0.3, 0.4) is 0 Å². The number of hydrogen-bond donors (Lipinski definition) is 1. The zero-order valence-corrected chi connectivity index (χ0v) is 17.7. The molecular weight excluding hydrogens is 396 g/mol. The molecule has 1 N–H and O–H groups in total. The Labute approximate surface area is 187 Å².